The lowest BCUT2D eigenvalue weighted by molar-refractivity contribution is -0.138. The normalized spacial score (nSPS) is 11.9. The summed E-state index contributed by atoms with van der Waals surface area (Å²) in [5, 5.41) is 20.2. The Bertz CT molecular complexity index is 1150. The molecule has 0 fully saturated rings. The maximum absolute atomic E-state index is 12.7. The zero-order chi connectivity index (χ0) is 32.7. The van der Waals surface area contributed by atoms with Crippen LogP contribution in [0.1, 0.15) is 126 Å². The molecule has 2 aromatic rings. The predicted molar refractivity (Wildman–Crippen MR) is 183 cm³/mol. The molecule has 45 heavy (non-hydrogen) atoms. The third-order valence-electron chi connectivity index (χ3n) is 8.06. The summed E-state index contributed by atoms with van der Waals surface area (Å²) in [7, 11) is 1.81. The molecule has 0 spiro atoms. The number of hydrogen-bond donors (Lipinski definition) is 3. The minimum absolute atomic E-state index is 0.124. The van der Waals surface area contributed by atoms with Crippen molar-refractivity contribution < 1.29 is 19.5 Å². The number of anilines is 1. The van der Waals surface area contributed by atoms with Crippen molar-refractivity contribution in [3.05, 3.63) is 54.1 Å². The molecule has 0 radical (unpaired) electrons. The number of carboxylic acid groups (broad SMARTS) is 1. The molecule has 248 valence electrons. The molecule has 4 N–H and O–H groups in total. The Morgan fingerprint density at radius 3 is 1.73 bits per heavy atom. The molecular weight excluding hydrogens is 566 g/mol. The number of benzene rings is 2. The van der Waals surface area contributed by atoms with Gasteiger partial charge in [-0.15, -0.1) is 0 Å². The Labute approximate surface area is 270 Å². The molecule has 9 nitrogen and oxygen atoms in total. The Hall–Kier alpha value is -3.59. The van der Waals surface area contributed by atoms with E-state index in [9.17, 15) is 14.4 Å². The van der Waals surface area contributed by atoms with Gasteiger partial charge in [-0.2, -0.15) is 10.2 Å². The van der Waals surface area contributed by atoms with E-state index < -0.39 is 12.0 Å². The van der Waals surface area contributed by atoms with Crippen LogP contribution in [-0.4, -0.2) is 42.5 Å². The van der Waals surface area contributed by atoms with Crippen molar-refractivity contribution in [1.29, 1.82) is 0 Å². The molecule has 1 atom stereocenters. The number of nitrogens with zero attached hydrogens (tertiary/aromatic N) is 3. The van der Waals surface area contributed by atoms with E-state index in [0.29, 0.717) is 49.2 Å². The van der Waals surface area contributed by atoms with Crippen LogP contribution in [0.2, 0.25) is 0 Å². The molecule has 0 aliphatic heterocycles. The highest BCUT2D eigenvalue weighted by Gasteiger charge is 2.12. The number of nitrogens with one attached hydrogen (secondary N) is 1. The summed E-state index contributed by atoms with van der Waals surface area (Å²) in [5.74, 6) is -1.09. The summed E-state index contributed by atoms with van der Waals surface area (Å²) in [6.07, 6.45) is 19.0. The fraction of sp³-hybridized carbons (Fsp3) is 0.583. The largest absolute Gasteiger partial charge is 0.480 e. The maximum Gasteiger partial charge on any atom is 0.320 e. The van der Waals surface area contributed by atoms with Gasteiger partial charge in [0.1, 0.15) is 6.04 Å². The molecule has 0 aliphatic carbocycles. The summed E-state index contributed by atoms with van der Waals surface area (Å²) in [4.78, 5) is 37.5. The fourth-order valence-electron chi connectivity index (χ4n) is 5.06. The van der Waals surface area contributed by atoms with Crippen molar-refractivity contribution >= 4 is 34.8 Å². The van der Waals surface area contributed by atoms with E-state index in [0.717, 1.165) is 18.5 Å². The summed E-state index contributed by atoms with van der Waals surface area (Å²) in [5.41, 5.74) is 8.10. The number of aliphatic carboxylic acids is 1. The second kappa shape index (κ2) is 22.8. The lowest BCUT2D eigenvalue weighted by Crippen LogP contribution is -2.30. The Kier molecular flexibility index (Phi) is 19.1. The van der Waals surface area contributed by atoms with Crippen LogP contribution in [0.25, 0.3) is 0 Å². The molecule has 2 aromatic carbocycles. The number of azo groups is 1. The highest BCUT2D eigenvalue weighted by Crippen LogP contribution is 2.23. The van der Waals surface area contributed by atoms with Gasteiger partial charge in [0.2, 0.25) is 5.91 Å². The third-order valence-corrected chi connectivity index (χ3v) is 8.06. The highest BCUT2D eigenvalue weighted by atomic mass is 16.4. The van der Waals surface area contributed by atoms with Gasteiger partial charge in [0.15, 0.2) is 0 Å². The van der Waals surface area contributed by atoms with Gasteiger partial charge >= 0.3 is 5.97 Å². The summed E-state index contributed by atoms with van der Waals surface area (Å²) in [6.45, 7) is 2.71. The van der Waals surface area contributed by atoms with Crippen molar-refractivity contribution in [2.75, 3.05) is 18.5 Å². The van der Waals surface area contributed by atoms with Gasteiger partial charge in [-0.25, -0.2) is 0 Å². The van der Waals surface area contributed by atoms with E-state index in [1.165, 1.54) is 70.6 Å². The minimum atomic E-state index is -1.01. The topological polar surface area (TPSA) is 137 Å². The quantitative estimate of drug-likeness (QED) is 0.0794. The van der Waals surface area contributed by atoms with Crippen LogP contribution >= 0.6 is 0 Å². The number of amides is 2. The van der Waals surface area contributed by atoms with E-state index in [1.807, 2.05) is 31.3 Å². The summed E-state index contributed by atoms with van der Waals surface area (Å²) >= 11 is 0. The molecule has 0 aromatic heterocycles. The SMILES string of the molecule is CCCCCCCCCCCCCCCC(=O)N(C)c1ccc(N=Nc2ccc(C(=O)NCCCCC(N)C(=O)O)cc2)cc1. The lowest BCUT2D eigenvalue weighted by atomic mass is 10.0. The van der Waals surface area contributed by atoms with E-state index in [1.54, 1.807) is 29.2 Å². The van der Waals surface area contributed by atoms with Gasteiger partial charge in [0.25, 0.3) is 5.91 Å². The Morgan fingerprint density at radius 2 is 1.22 bits per heavy atom. The van der Waals surface area contributed by atoms with Crippen molar-refractivity contribution in [2.45, 2.75) is 122 Å². The van der Waals surface area contributed by atoms with Crippen molar-refractivity contribution in [1.82, 2.24) is 5.32 Å². The first kappa shape index (κ1) is 37.6. The van der Waals surface area contributed by atoms with Gasteiger partial charge in [-0.05, 0) is 74.2 Å². The molecule has 2 amide bonds. The van der Waals surface area contributed by atoms with Gasteiger partial charge in [-0.3, -0.25) is 14.4 Å². The third kappa shape index (κ3) is 16.3. The first-order chi connectivity index (χ1) is 21.8. The molecular formula is C36H55N5O4. The fourth-order valence-corrected chi connectivity index (χ4v) is 5.06. The number of rotatable bonds is 24. The number of carbonyl (C=O) groups excluding carboxylic acids is 2. The molecule has 1 unspecified atom stereocenters. The van der Waals surface area contributed by atoms with Crippen LogP contribution in [0.5, 0.6) is 0 Å². The summed E-state index contributed by atoms with van der Waals surface area (Å²) < 4.78 is 0. The number of unbranched alkanes of at least 4 members (excludes halogenated alkanes) is 13. The number of carbonyl (C=O) groups is 3. The number of nitrogens with two attached hydrogens (primary N) is 1. The van der Waals surface area contributed by atoms with Gasteiger partial charge in [-0.1, -0.05) is 84.0 Å². The highest BCUT2D eigenvalue weighted by molar-refractivity contribution is 5.94. The smallest absolute Gasteiger partial charge is 0.320 e. The van der Waals surface area contributed by atoms with E-state index in [2.05, 4.69) is 22.5 Å². The molecule has 0 aliphatic rings. The monoisotopic (exact) mass is 621 g/mol. The number of hydrogen-bond acceptors (Lipinski definition) is 6. The van der Waals surface area contributed by atoms with Crippen LogP contribution in [-0.2, 0) is 9.59 Å². The maximum atomic E-state index is 12.7. The van der Waals surface area contributed by atoms with E-state index in [4.69, 9.17) is 10.8 Å². The molecule has 0 saturated heterocycles. The molecule has 0 saturated carbocycles. The summed E-state index contributed by atoms with van der Waals surface area (Å²) in [6, 6.07) is 13.4. The van der Waals surface area contributed by atoms with Crippen LogP contribution in [0, 0.1) is 0 Å². The second-order valence-electron chi connectivity index (χ2n) is 11.9. The predicted octanol–water partition coefficient (Wildman–Crippen LogP) is 8.86. The second-order valence-corrected chi connectivity index (χ2v) is 11.9. The zero-order valence-electron chi connectivity index (χ0n) is 27.5. The molecule has 2 rings (SSSR count). The average Bonchev–Trinajstić information content (AvgIpc) is 3.05. The van der Waals surface area contributed by atoms with Crippen molar-refractivity contribution in [3.63, 3.8) is 0 Å². The first-order valence-corrected chi connectivity index (χ1v) is 17.0. The minimum Gasteiger partial charge on any atom is -0.480 e. The molecule has 0 bridgehead atoms. The van der Waals surface area contributed by atoms with Gasteiger partial charge < -0.3 is 21.1 Å². The van der Waals surface area contributed by atoms with Gasteiger partial charge in [0, 0.05) is 31.3 Å². The van der Waals surface area contributed by atoms with Crippen LogP contribution < -0.4 is 16.0 Å². The number of carboxylic acids is 1. The van der Waals surface area contributed by atoms with E-state index >= 15 is 0 Å². The zero-order valence-corrected chi connectivity index (χ0v) is 27.5. The van der Waals surface area contributed by atoms with Crippen LogP contribution in [0.3, 0.4) is 0 Å². The van der Waals surface area contributed by atoms with E-state index in [-0.39, 0.29) is 11.8 Å². The average molecular weight is 622 g/mol. The van der Waals surface area contributed by atoms with Crippen molar-refractivity contribution in [2.24, 2.45) is 16.0 Å². The van der Waals surface area contributed by atoms with Crippen LogP contribution in [0.15, 0.2) is 58.8 Å². The van der Waals surface area contributed by atoms with Gasteiger partial charge in [0.05, 0.1) is 11.4 Å². The Balaban J connectivity index is 1.62. The Morgan fingerprint density at radius 1 is 0.733 bits per heavy atom. The molecule has 9 heteroatoms. The lowest BCUT2D eigenvalue weighted by Gasteiger charge is -2.17. The van der Waals surface area contributed by atoms with Crippen LogP contribution in [0.4, 0.5) is 17.1 Å². The molecule has 0 heterocycles. The standard InChI is InChI=1S/C36H55N5O4/c1-3-4-5-6-7-8-9-10-11-12-13-14-15-19-34(42)41(2)32-26-24-31(25-27-32)40-39-30-22-20-29(21-23-30)35(43)38-28-17-16-18-33(37)36(44)45/h20-27,33H,3-19,28,37H2,1-2H3,(H,38,43)(H,44,45). The van der Waals surface area contributed by atoms with Crippen molar-refractivity contribution in [3.8, 4) is 0 Å². The first-order valence-electron chi connectivity index (χ1n) is 17.0.